The van der Waals surface area contributed by atoms with Crippen LogP contribution in [0.1, 0.15) is 17.7 Å². The Balaban J connectivity index is 2.05. The van der Waals surface area contributed by atoms with Gasteiger partial charge in [0.2, 0.25) is 0 Å². The third-order valence-corrected chi connectivity index (χ3v) is 3.74. The fraction of sp³-hybridized carbons (Fsp3) is 0.750. The van der Waals surface area contributed by atoms with Gasteiger partial charge in [-0.3, -0.25) is 9.58 Å². The van der Waals surface area contributed by atoms with Crippen molar-refractivity contribution in [2.45, 2.75) is 32.0 Å². The van der Waals surface area contributed by atoms with Crippen LogP contribution >= 0.6 is 0 Å². The maximum Gasteiger partial charge on any atom is 0.0714 e. The Morgan fingerprint density at radius 3 is 2.88 bits per heavy atom. The molecule has 2 atom stereocenters. The Bertz CT molecular complexity index is 378. The van der Waals surface area contributed by atoms with Crippen LogP contribution in [0.2, 0.25) is 0 Å². The van der Waals surface area contributed by atoms with E-state index >= 15 is 0 Å². The Labute approximate surface area is 102 Å². The molecule has 17 heavy (non-hydrogen) atoms. The average Bonchev–Trinajstić information content (AvgIpc) is 2.87. The second-order valence-electron chi connectivity index (χ2n) is 4.74. The van der Waals surface area contributed by atoms with Crippen molar-refractivity contribution < 1.29 is 9.84 Å². The molecule has 0 amide bonds. The van der Waals surface area contributed by atoms with Gasteiger partial charge in [-0.1, -0.05) is 0 Å². The molecule has 1 aliphatic heterocycles. The maximum absolute atomic E-state index is 9.38. The van der Waals surface area contributed by atoms with E-state index in [2.05, 4.69) is 16.9 Å². The van der Waals surface area contributed by atoms with Gasteiger partial charge in [0.15, 0.2) is 0 Å². The molecule has 1 aliphatic rings. The van der Waals surface area contributed by atoms with Crippen LogP contribution in [0.25, 0.3) is 0 Å². The Morgan fingerprint density at radius 1 is 1.59 bits per heavy atom. The predicted octanol–water partition coefficient (Wildman–Crippen LogP) is 0.310. The molecule has 1 aromatic rings. The Morgan fingerprint density at radius 2 is 2.35 bits per heavy atom. The van der Waals surface area contributed by atoms with Crippen molar-refractivity contribution in [3.05, 3.63) is 17.5 Å². The summed E-state index contributed by atoms with van der Waals surface area (Å²) in [7, 11) is 3.68. The molecular formula is C12H21N3O2. The maximum atomic E-state index is 9.38. The molecule has 2 rings (SSSR count). The van der Waals surface area contributed by atoms with Crippen LogP contribution in [0, 0.1) is 6.92 Å². The van der Waals surface area contributed by atoms with Crippen molar-refractivity contribution in [3.63, 3.8) is 0 Å². The number of hydrogen-bond acceptors (Lipinski definition) is 4. The summed E-state index contributed by atoms with van der Waals surface area (Å²) in [4.78, 5) is 2.28. The van der Waals surface area contributed by atoms with Gasteiger partial charge in [0.1, 0.15) is 0 Å². The predicted molar refractivity (Wildman–Crippen MR) is 64.6 cm³/mol. The molecule has 0 aliphatic carbocycles. The molecule has 2 heterocycles. The number of hydrogen-bond donors (Lipinski definition) is 1. The summed E-state index contributed by atoms with van der Waals surface area (Å²) in [5.41, 5.74) is 2.41. The van der Waals surface area contributed by atoms with Crippen LogP contribution in [-0.2, 0) is 18.3 Å². The highest BCUT2D eigenvalue weighted by atomic mass is 16.5. The third-order valence-electron chi connectivity index (χ3n) is 3.74. The fourth-order valence-electron chi connectivity index (χ4n) is 2.41. The molecule has 0 spiro atoms. The van der Waals surface area contributed by atoms with Crippen LogP contribution in [0.4, 0.5) is 0 Å². The number of aliphatic hydroxyl groups is 1. The number of aliphatic hydroxyl groups excluding tert-OH is 1. The van der Waals surface area contributed by atoms with Gasteiger partial charge in [-0.25, -0.2) is 0 Å². The van der Waals surface area contributed by atoms with Crippen molar-refractivity contribution >= 4 is 0 Å². The topological polar surface area (TPSA) is 50.5 Å². The molecule has 0 aromatic carbocycles. The summed E-state index contributed by atoms with van der Waals surface area (Å²) in [5.74, 6) is 0. The summed E-state index contributed by atoms with van der Waals surface area (Å²) in [5, 5.41) is 13.6. The molecule has 0 saturated carbocycles. The molecule has 0 radical (unpaired) electrons. The second kappa shape index (κ2) is 5.16. The minimum atomic E-state index is 0.194. The first-order valence-corrected chi connectivity index (χ1v) is 6.01. The Kier molecular flexibility index (Phi) is 3.81. The lowest BCUT2D eigenvalue weighted by molar-refractivity contribution is 0.107. The van der Waals surface area contributed by atoms with Gasteiger partial charge in [-0.15, -0.1) is 0 Å². The summed E-state index contributed by atoms with van der Waals surface area (Å²) in [6, 6.07) is 0.208. The van der Waals surface area contributed by atoms with Crippen molar-refractivity contribution in [1.29, 1.82) is 0 Å². The molecule has 1 saturated heterocycles. The van der Waals surface area contributed by atoms with E-state index in [9.17, 15) is 5.11 Å². The zero-order valence-electron chi connectivity index (χ0n) is 10.8. The number of aromatic nitrogens is 2. The zero-order valence-corrected chi connectivity index (χ0v) is 10.8. The molecular weight excluding hydrogens is 218 g/mol. The van der Waals surface area contributed by atoms with Crippen molar-refractivity contribution in [2.75, 3.05) is 20.3 Å². The van der Waals surface area contributed by atoms with Crippen molar-refractivity contribution in [1.82, 2.24) is 14.7 Å². The van der Waals surface area contributed by atoms with E-state index in [4.69, 9.17) is 4.74 Å². The molecule has 96 valence electrons. The number of methoxy groups -OCH3 is 1. The average molecular weight is 239 g/mol. The van der Waals surface area contributed by atoms with E-state index in [1.54, 1.807) is 7.11 Å². The quantitative estimate of drug-likeness (QED) is 0.821. The molecule has 1 fully saturated rings. The van der Waals surface area contributed by atoms with Crippen LogP contribution in [0.5, 0.6) is 0 Å². The molecule has 1 aromatic heterocycles. The zero-order chi connectivity index (χ0) is 12.4. The highest BCUT2D eigenvalue weighted by Crippen LogP contribution is 2.22. The summed E-state index contributed by atoms with van der Waals surface area (Å²) < 4.78 is 7.26. The highest BCUT2D eigenvalue weighted by Gasteiger charge is 2.31. The van der Waals surface area contributed by atoms with E-state index in [1.807, 2.05) is 17.9 Å². The molecule has 5 nitrogen and oxygen atoms in total. The number of aryl methyl sites for hydroxylation is 1. The number of ether oxygens (including phenoxy) is 1. The first kappa shape index (κ1) is 12.5. The SMILES string of the molecule is CO[C@H]1C[C@@H](CO)N(Cc2cnn(C)c2C)C1. The minimum Gasteiger partial charge on any atom is -0.395 e. The first-order chi connectivity index (χ1) is 8.15. The highest BCUT2D eigenvalue weighted by molar-refractivity contribution is 5.16. The van der Waals surface area contributed by atoms with Gasteiger partial charge >= 0.3 is 0 Å². The lowest BCUT2D eigenvalue weighted by Gasteiger charge is -2.21. The molecule has 0 unspecified atom stereocenters. The standard InChI is InChI=1S/C12H21N3O2/c1-9-10(5-13-14(9)2)6-15-7-12(17-3)4-11(15)8-16/h5,11-12,16H,4,6-8H2,1-3H3/t11-,12-/m0/s1. The Hall–Kier alpha value is -0.910. The van der Waals surface area contributed by atoms with Gasteiger partial charge in [0.25, 0.3) is 0 Å². The van der Waals surface area contributed by atoms with Crippen LogP contribution < -0.4 is 0 Å². The lowest BCUT2D eigenvalue weighted by Crippen LogP contribution is -2.32. The first-order valence-electron chi connectivity index (χ1n) is 6.01. The summed E-state index contributed by atoms with van der Waals surface area (Å²) in [6.45, 7) is 3.99. The molecule has 1 N–H and O–H groups in total. The van der Waals surface area contributed by atoms with E-state index < -0.39 is 0 Å². The van der Waals surface area contributed by atoms with Gasteiger partial charge in [0.05, 0.1) is 18.9 Å². The van der Waals surface area contributed by atoms with Crippen LogP contribution in [0.15, 0.2) is 6.20 Å². The molecule has 0 bridgehead atoms. The van der Waals surface area contributed by atoms with Crippen molar-refractivity contribution in [3.8, 4) is 0 Å². The normalized spacial score (nSPS) is 25.6. The van der Waals surface area contributed by atoms with E-state index in [0.717, 1.165) is 19.5 Å². The smallest absolute Gasteiger partial charge is 0.0714 e. The van der Waals surface area contributed by atoms with E-state index in [1.165, 1.54) is 11.3 Å². The van der Waals surface area contributed by atoms with Gasteiger partial charge in [0, 0.05) is 44.5 Å². The fourth-order valence-corrected chi connectivity index (χ4v) is 2.41. The number of rotatable bonds is 4. The van der Waals surface area contributed by atoms with Crippen LogP contribution in [0.3, 0.4) is 0 Å². The second-order valence-corrected chi connectivity index (χ2v) is 4.74. The van der Waals surface area contributed by atoms with Gasteiger partial charge in [-0.05, 0) is 13.3 Å². The van der Waals surface area contributed by atoms with Gasteiger partial charge < -0.3 is 9.84 Å². The largest absolute Gasteiger partial charge is 0.395 e. The third kappa shape index (κ3) is 2.51. The number of likely N-dealkylation sites (tertiary alicyclic amines) is 1. The minimum absolute atomic E-state index is 0.194. The number of nitrogens with zero attached hydrogens (tertiary/aromatic N) is 3. The summed E-state index contributed by atoms with van der Waals surface area (Å²) in [6.07, 6.45) is 3.06. The van der Waals surface area contributed by atoms with E-state index in [0.29, 0.717) is 0 Å². The van der Waals surface area contributed by atoms with Gasteiger partial charge in [-0.2, -0.15) is 5.10 Å². The lowest BCUT2D eigenvalue weighted by atomic mass is 10.2. The van der Waals surface area contributed by atoms with Crippen molar-refractivity contribution in [2.24, 2.45) is 7.05 Å². The monoisotopic (exact) mass is 239 g/mol. The molecule has 5 heteroatoms. The van der Waals surface area contributed by atoms with E-state index in [-0.39, 0.29) is 18.8 Å². The summed E-state index contributed by atoms with van der Waals surface area (Å²) >= 11 is 0. The van der Waals surface area contributed by atoms with Crippen LogP contribution in [-0.4, -0.2) is 52.2 Å².